The largest absolute Gasteiger partial charge is 0.469 e. The number of primary sulfonamides is 1. The molecule has 0 unspecified atom stereocenters. The van der Waals surface area contributed by atoms with Crippen molar-refractivity contribution < 1.29 is 40.7 Å². The van der Waals surface area contributed by atoms with Gasteiger partial charge in [-0.1, -0.05) is 45.0 Å². The third-order valence-corrected chi connectivity index (χ3v) is 14.9. The van der Waals surface area contributed by atoms with Crippen molar-refractivity contribution in [3.05, 3.63) is 102 Å². The first kappa shape index (κ1) is 42.0. The molecule has 14 heteroatoms. The van der Waals surface area contributed by atoms with Crippen LogP contribution in [0.3, 0.4) is 0 Å². The molecule has 0 saturated heterocycles. The Bertz CT molecular complexity index is 2140. The smallest absolute Gasteiger partial charge is 0.308 e. The number of anilines is 1. The average molecular weight is 780 g/mol. The lowest BCUT2D eigenvalue weighted by atomic mass is 9.94. The van der Waals surface area contributed by atoms with Gasteiger partial charge in [0.15, 0.2) is 14.1 Å². The number of nitrogens with one attached hydrogen (secondary N) is 1. The minimum atomic E-state index is -3.98. The number of methoxy groups -OCH3 is 1. The fourth-order valence-electron chi connectivity index (χ4n) is 5.74. The van der Waals surface area contributed by atoms with Crippen LogP contribution in [0.25, 0.3) is 28.3 Å². The van der Waals surface area contributed by atoms with Crippen LogP contribution >= 0.6 is 0 Å². The molecule has 0 saturated carbocycles. The second-order valence-electron chi connectivity index (χ2n) is 14.8. The number of allylic oxidation sites excluding steroid dienone is 1. The fraction of sp³-hybridized carbons (Fsp3) is 0.325. The quantitative estimate of drug-likeness (QED) is 0.0741. The van der Waals surface area contributed by atoms with E-state index in [1.807, 2.05) is 26.9 Å². The van der Waals surface area contributed by atoms with Gasteiger partial charge >= 0.3 is 5.97 Å². The van der Waals surface area contributed by atoms with Crippen LogP contribution in [0.15, 0.2) is 83.8 Å². The first-order chi connectivity index (χ1) is 25.1. The molecule has 0 bridgehead atoms. The van der Waals surface area contributed by atoms with Gasteiger partial charge in [0.25, 0.3) is 5.91 Å². The highest BCUT2D eigenvalue weighted by atomic mass is 32.2. The third-order valence-electron chi connectivity index (χ3n) is 9.43. The molecule has 0 spiro atoms. The Morgan fingerprint density at radius 1 is 0.870 bits per heavy atom. The Labute approximate surface area is 316 Å². The van der Waals surface area contributed by atoms with E-state index in [4.69, 9.17) is 14.3 Å². The van der Waals surface area contributed by atoms with E-state index >= 15 is 0 Å². The van der Waals surface area contributed by atoms with Crippen molar-refractivity contribution in [2.24, 2.45) is 5.14 Å². The summed E-state index contributed by atoms with van der Waals surface area (Å²) in [6.45, 7) is 13.9. The molecule has 0 aliphatic rings. The van der Waals surface area contributed by atoms with Gasteiger partial charge in [-0.15, -0.1) is 0 Å². The highest BCUT2D eigenvalue weighted by Crippen LogP contribution is 2.43. The number of ketones is 1. The molecule has 288 valence electrons. The van der Waals surface area contributed by atoms with Crippen LogP contribution in [0.5, 0.6) is 0 Å². The Hall–Kier alpha value is -4.76. The number of aromatic nitrogens is 1. The number of sulfonamides is 1. The summed E-state index contributed by atoms with van der Waals surface area (Å²) in [5.41, 5.74) is 2.66. The van der Waals surface area contributed by atoms with Crippen LogP contribution in [-0.4, -0.2) is 52.2 Å². The lowest BCUT2D eigenvalue weighted by Gasteiger charge is -2.39. The van der Waals surface area contributed by atoms with E-state index in [2.05, 4.69) is 26.1 Å². The van der Waals surface area contributed by atoms with Crippen LogP contribution in [-0.2, 0) is 28.8 Å². The van der Waals surface area contributed by atoms with Crippen LogP contribution in [0.1, 0.15) is 69.7 Å². The lowest BCUT2D eigenvalue weighted by Crippen LogP contribution is -2.44. The number of esters is 1. The van der Waals surface area contributed by atoms with E-state index in [-0.39, 0.29) is 39.9 Å². The minimum absolute atomic E-state index is 0.122. The van der Waals surface area contributed by atoms with Crippen LogP contribution in [0.2, 0.25) is 18.1 Å². The van der Waals surface area contributed by atoms with Gasteiger partial charge in [-0.2, -0.15) is 0 Å². The van der Waals surface area contributed by atoms with Gasteiger partial charge in [0, 0.05) is 29.3 Å². The van der Waals surface area contributed by atoms with Gasteiger partial charge in [-0.3, -0.25) is 14.4 Å². The maximum atomic E-state index is 14.4. The van der Waals surface area contributed by atoms with E-state index < -0.39 is 54.0 Å². The molecule has 4 aromatic rings. The van der Waals surface area contributed by atoms with E-state index in [1.165, 1.54) is 73.8 Å². The molecule has 0 aliphatic heterocycles. The number of ether oxygens (including phenoxy) is 1. The first-order valence-corrected chi connectivity index (χ1v) is 21.8. The van der Waals surface area contributed by atoms with Crippen molar-refractivity contribution in [3.8, 4) is 22.3 Å². The van der Waals surface area contributed by atoms with Crippen molar-refractivity contribution in [3.63, 3.8) is 0 Å². The molecule has 54 heavy (non-hydrogen) atoms. The number of hydrogen-bond acceptors (Lipinski definition) is 7. The molecular formula is C40H47F2N3O7SSi. The molecule has 3 N–H and O–H groups in total. The molecule has 10 nitrogen and oxygen atoms in total. The average Bonchev–Trinajstić information content (AvgIpc) is 3.42. The summed E-state index contributed by atoms with van der Waals surface area (Å²) in [5.74, 6) is -2.45. The van der Waals surface area contributed by atoms with Gasteiger partial charge in [0.05, 0.1) is 30.2 Å². The number of rotatable bonds is 14. The summed E-state index contributed by atoms with van der Waals surface area (Å²) in [6, 6.07) is 16.1. The van der Waals surface area contributed by atoms with E-state index in [0.29, 0.717) is 27.9 Å². The fourth-order valence-corrected chi connectivity index (χ4v) is 7.61. The molecule has 1 amide bonds. The molecule has 0 fully saturated rings. The molecule has 1 heterocycles. The van der Waals surface area contributed by atoms with Crippen molar-refractivity contribution in [2.45, 2.75) is 82.6 Å². The molecular weight excluding hydrogens is 733 g/mol. The summed E-state index contributed by atoms with van der Waals surface area (Å²) < 4.78 is 65.3. The summed E-state index contributed by atoms with van der Waals surface area (Å²) in [5, 5.41) is 7.89. The standard InChI is InChI=1S/C40H47F2N3O7SSi/c1-25(2)45-34(22-19-31(46)23-32(24-35(47)51-6)52-54(7,8)40(3,4)5)36(26-9-13-28(41)14-10-26)37(27-11-15-29(42)16-12-27)38(45)39(48)44-30-17-20-33(21-18-30)53(43,49)50/h9-22,25,32H,23-24H2,1-8H3,(H,44,48)(H2,43,49,50)/b22-19+/t32-/m1/s1. The van der Waals surface area contributed by atoms with Crippen LogP contribution in [0.4, 0.5) is 14.5 Å². The molecule has 0 aliphatic carbocycles. The zero-order chi connectivity index (χ0) is 40.2. The maximum Gasteiger partial charge on any atom is 0.308 e. The first-order valence-electron chi connectivity index (χ1n) is 17.3. The SMILES string of the molecule is COC(=O)C[C@@H](CC(=O)/C=C/c1c(-c2ccc(F)cc2)c(-c2ccc(F)cc2)c(C(=O)Nc2ccc(S(N)(=O)=O)cc2)n1C(C)C)O[Si](C)(C)C(C)(C)C. The number of carbonyl (C=O) groups excluding carboxylic acids is 3. The Balaban J connectivity index is 1.92. The van der Waals surface area contributed by atoms with Gasteiger partial charge in [0.2, 0.25) is 10.0 Å². The van der Waals surface area contributed by atoms with Crippen LogP contribution in [0, 0.1) is 11.6 Å². The molecule has 0 radical (unpaired) electrons. The van der Waals surface area contributed by atoms with Gasteiger partial charge in [0.1, 0.15) is 17.3 Å². The summed E-state index contributed by atoms with van der Waals surface area (Å²) in [7, 11) is -5.12. The van der Waals surface area contributed by atoms with Crippen molar-refractivity contribution in [2.75, 3.05) is 12.4 Å². The number of carbonyl (C=O) groups is 3. The van der Waals surface area contributed by atoms with Crippen molar-refractivity contribution in [1.82, 2.24) is 4.57 Å². The molecule has 1 atom stereocenters. The Morgan fingerprint density at radius 3 is 1.85 bits per heavy atom. The van der Waals surface area contributed by atoms with E-state index in [9.17, 15) is 31.6 Å². The highest BCUT2D eigenvalue weighted by Gasteiger charge is 2.40. The van der Waals surface area contributed by atoms with E-state index in [1.54, 1.807) is 22.8 Å². The number of hydrogen-bond donors (Lipinski definition) is 2. The predicted octanol–water partition coefficient (Wildman–Crippen LogP) is 8.51. The molecule has 3 aromatic carbocycles. The zero-order valence-electron chi connectivity index (χ0n) is 31.7. The predicted molar refractivity (Wildman–Crippen MR) is 209 cm³/mol. The number of nitrogens with two attached hydrogens (primary N) is 1. The Kier molecular flexibility index (Phi) is 13.0. The van der Waals surface area contributed by atoms with Crippen molar-refractivity contribution >= 4 is 47.8 Å². The number of nitrogens with zero attached hydrogens (tertiary/aromatic N) is 1. The van der Waals surface area contributed by atoms with Gasteiger partial charge < -0.3 is 19.0 Å². The number of benzene rings is 3. The van der Waals surface area contributed by atoms with E-state index in [0.717, 1.165) is 0 Å². The maximum absolute atomic E-state index is 14.4. The second kappa shape index (κ2) is 16.7. The monoisotopic (exact) mass is 779 g/mol. The minimum Gasteiger partial charge on any atom is -0.469 e. The van der Waals surface area contributed by atoms with Gasteiger partial charge in [-0.25, -0.2) is 22.3 Å². The molecule has 4 rings (SSSR count). The summed E-state index contributed by atoms with van der Waals surface area (Å²) >= 11 is 0. The topological polar surface area (TPSA) is 147 Å². The Morgan fingerprint density at radius 2 is 1.39 bits per heavy atom. The summed E-state index contributed by atoms with van der Waals surface area (Å²) in [4.78, 5) is 40.4. The second-order valence-corrected chi connectivity index (χ2v) is 21.1. The highest BCUT2D eigenvalue weighted by molar-refractivity contribution is 7.89. The number of amides is 1. The lowest BCUT2D eigenvalue weighted by molar-refractivity contribution is -0.142. The third kappa shape index (κ3) is 10.1. The van der Waals surface area contributed by atoms with Crippen LogP contribution < -0.4 is 10.5 Å². The normalized spacial score (nSPS) is 13.0. The van der Waals surface area contributed by atoms with Crippen molar-refractivity contribution in [1.29, 1.82) is 0 Å². The summed E-state index contributed by atoms with van der Waals surface area (Å²) in [6.07, 6.45) is 1.94. The molecule has 1 aromatic heterocycles. The number of halogens is 2. The van der Waals surface area contributed by atoms with Gasteiger partial charge in [-0.05, 0) is 104 Å². The zero-order valence-corrected chi connectivity index (χ0v) is 33.5.